The number of nitrogens with one attached hydrogen (secondary N) is 1. The second-order valence-corrected chi connectivity index (χ2v) is 9.18. The predicted molar refractivity (Wildman–Crippen MR) is 103 cm³/mol. The lowest BCUT2D eigenvalue weighted by atomic mass is 10.3. The van der Waals surface area contributed by atoms with Crippen LogP contribution in [-0.2, 0) is 26.1 Å². The van der Waals surface area contributed by atoms with Gasteiger partial charge in [-0.05, 0) is 29.6 Å². The summed E-state index contributed by atoms with van der Waals surface area (Å²) in [6.07, 6.45) is 0. The van der Waals surface area contributed by atoms with Crippen molar-refractivity contribution < 1.29 is 17.9 Å². The van der Waals surface area contributed by atoms with Gasteiger partial charge in [-0.2, -0.15) is 8.42 Å². The molecule has 138 valence electrons. The van der Waals surface area contributed by atoms with Gasteiger partial charge in [0.25, 0.3) is 10.0 Å². The molecule has 1 amide bonds. The summed E-state index contributed by atoms with van der Waals surface area (Å²) in [6, 6.07) is 8.63. The summed E-state index contributed by atoms with van der Waals surface area (Å²) in [4.78, 5) is 11.6. The van der Waals surface area contributed by atoms with Crippen LogP contribution in [0.5, 0.6) is 0 Å². The molecule has 0 aliphatic heterocycles. The van der Waals surface area contributed by atoms with E-state index in [1.807, 2.05) is 16.7 Å². The number of nitrogens with zero attached hydrogens (tertiary/aromatic N) is 2. The Morgan fingerprint density at radius 1 is 1.35 bits per heavy atom. The first kappa shape index (κ1) is 18.8. The number of anilines is 1. The van der Waals surface area contributed by atoms with Crippen molar-refractivity contribution in [1.82, 2.24) is 4.57 Å². The number of methoxy groups -OCH3 is 1. The molecule has 10 heteroatoms. The van der Waals surface area contributed by atoms with Gasteiger partial charge in [-0.1, -0.05) is 17.4 Å². The molecule has 0 aliphatic carbocycles. The van der Waals surface area contributed by atoms with Crippen LogP contribution in [0.25, 0.3) is 10.2 Å². The van der Waals surface area contributed by atoms with Crippen LogP contribution in [0.15, 0.2) is 44.3 Å². The normalized spacial score (nSPS) is 12.6. The van der Waals surface area contributed by atoms with Crippen LogP contribution < -0.4 is 10.1 Å². The monoisotopic (exact) mass is 411 g/mol. The minimum Gasteiger partial charge on any atom is -0.383 e. The molecule has 0 aliphatic rings. The molecular formula is C16H17N3O4S3. The zero-order valence-corrected chi connectivity index (χ0v) is 16.6. The molecule has 2 aromatic heterocycles. The number of thiophene rings is 1. The number of fused-ring (bicyclic) bond motifs is 1. The van der Waals surface area contributed by atoms with E-state index in [1.165, 1.54) is 24.3 Å². The second kappa shape index (κ2) is 7.70. The Hall–Kier alpha value is -2.01. The van der Waals surface area contributed by atoms with Crippen molar-refractivity contribution in [3.63, 3.8) is 0 Å². The minimum atomic E-state index is -3.77. The summed E-state index contributed by atoms with van der Waals surface area (Å²) in [5, 5.41) is 4.43. The van der Waals surface area contributed by atoms with Crippen molar-refractivity contribution in [3.8, 4) is 0 Å². The number of carbonyl (C=O) groups excluding carboxylic acids is 1. The fourth-order valence-corrected chi connectivity index (χ4v) is 5.65. The van der Waals surface area contributed by atoms with Gasteiger partial charge in [0.15, 0.2) is 0 Å². The smallest absolute Gasteiger partial charge is 0.294 e. The summed E-state index contributed by atoms with van der Waals surface area (Å²) >= 11 is 2.39. The van der Waals surface area contributed by atoms with E-state index in [0.717, 1.165) is 21.6 Å². The Kier molecular flexibility index (Phi) is 5.56. The third-order valence-corrected chi connectivity index (χ3v) is 7.27. The predicted octanol–water partition coefficient (Wildman–Crippen LogP) is 2.66. The van der Waals surface area contributed by atoms with Crippen molar-refractivity contribution >= 4 is 54.5 Å². The molecule has 1 N–H and O–H groups in total. The molecule has 26 heavy (non-hydrogen) atoms. The van der Waals surface area contributed by atoms with E-state index >= 15 is 0 Å². The van der Waals surface area contributed by atoms with Crippen LogP contribution in [0.4, 0.5) is 5.69 Å². The largest absolute Gasteiger partial charge is 0.383 e. The number of rotatable bonds is 6. The molecule has 1 aromatic carbocycles. The number of sulfonamides is 1. The Labute approximate surface area is 158 Å². The van der Waals surface area contributed by atoms with E-state index in [2.05, 4.69) is 9.71 Å². The summed E-state index contributed by atoms with van der Waals surface area (Å²) in [5.74, 6) is -0.168. The molecule has 0 radical (unpaired) electrons. The molecular weight excluding hydrogens is 394 g/mol. The molecule has 0 unspecified atom stereocenters. The van der Waals surface area contributed by atoms with Crippen molar-refractivity contribution in [2.75, 3.05) is 19.0 Å². The second-order valence-electron chi connectivity index (χ2n) is 5.39. The fourth-order valence-electron chi connectivity index (χ4n) is 2.38. The highest BCUT2D eigenvalue weighted by Gasteiger charge is 2.16. The van der Waals surface area contributed by atoms with E-state index in [4.69, 9.17) is 4.74 Å². The zero-order valence-electron chi connectivity index (χ0n) is 14.1. The van der Waals surface area contributed by atoms with Gasteiger partial charge in [0, 0.05) is 26.3 Å². The number of carbonyl (C=O) groups is 1. The van der Waals surface area contributed by atoms with Gasteiger partial charge in [-0.15, -0.1) is 15.7 Å². The lowest BCUT2D eigenvalue weighted by Crippen LogP contribution is -2.19. The van der Waals surface area contributed by atoms with Gasteiger partial charge in [0.1, 0.15) is 4.21 Å². The average Bonchev–Trinajstić information content (AvgIpc) is 3.20. The Bertz CT molecular complexity index is 1100. The van der Waals surface area contributed by atoms with Gasteiger partial charge < -0.3 is 14.6 Å². The van der Waals surface area contributed by atoms with Crippen LogP contribution in [0.3, 0.4) is 0 Å². The SMILES string of the molecule is COCCn1/c(=N/S(=O)(=O)c2cccs2)sc2cc(NC(C)=O)ccc21. The third kappa shape index (κ3) is 4.04. The van der Waals surface area contributed by atoms with E-state index < -0.39 is 10.0 Å². The maximum absolute atomic E-state index is 12.5. The molecule has 0 saturated carbocycles. The first-order chi connectivity index (χ1) is 12.4. The summed E-state index contributed by atoms with van der Waals surface area (Å²) in [6.45, 7) is 2.33. The number of thiazole rings is 1. The van der Waals surface area contributed by atoms with E-state index in [-0.39, 0.29) is 10.1 Å². The summed E-state index contributed by atoms with van der Waals surface area (Å²) in [5.41, 5.74) is 1.49. The molecule has 0 saturated heterocycles. The highest BCUT2D eigenvalue weighted by Crippen LogP contribution is 2.23. The summed E-state index contributed by atoms with van der Waals surface area (Å²) in [7, 11) is -2.19. The molecule has 0 atom stereocenters. The number of ether oxygens (including phenoxy) is 1. The number of benzene rings is 1. The fraction of sp³-hybridized carbons (Fsp3) is 0.250. The van der Waals surface area contributed by atoms with Crippen molar-refractivity contribution in [2.24, 2.45) is 4.40 Å². The highest BCUT2D eigenvalue weighted by atomic mass is 32.2. The van der Waals surface area contributed by atoms with Crippen LogP contribution in [0.2, 0.25) is 0 Å². The van der Waals surface area contributed by atoms with Gasteiger partial charge in [-0.25, -0.2) is 0 Å². The maximum atomic E-state index is 12.5. The van der Waals surface area contributed by atoms with Gasteiger partial charge in [-0.3, -0.25) is 4.79 Å². The topological polar surface area (TPSA) is 89.8 Å². The molecule has 0 fully saturated rings. The van der Waals surface area contributed by atoms with Crippen molar-refractivity contribution in [2.45, 2.75) is 17.7 Å². The van der Waals surface area contributed by atoms with E-state index in [9.17, 15) is 13.2 Å². The Balaban J connectivity index is 2.16. The molecule has 3 rings (SSSR count). The van der Waals surface area contributed by atoms with Gasteiger partial charge >= 0.3 is 0 Å². The van der Waals surface area contributed by atoms with Gasteiger partial charge in [0.2, 0.25) is 10.7 Å². The molecule has 0 spiro atoms. The maximum Gasteiger partial charge on any atom is 0.294 e. The first-order valence-electron chi connectivity index (χ1n) is 7.65. The highest BCUT2D eigenvalue weighted by molar-refractivity contribution is 7.92. The number of amides is 1. The Morgan fingerprint density at radius 2 is 2.15 bits per heavy atom. The molecule has 0 bridgehead atoms. The van der Waals surface area contributed by atoms with Crippen molar-refractivity contribution in [3.05, 3.63) is 40.5 Å². The number of hydrogen-bond donors (Lipinski definition) is 1. The van der Waals surface area contributed by atoms with E-state index in [0.29, 0.717) is 23.6 Å². The number of aromatic nitrogens is 1. The lowest BCUT2D eigenvalue weighted by molar-refractivity contribution is -0.114. The first-order valence-corrected chi connectivity index (χ1v) is 10.8. The Morgan fingerprint density at radius 3 is 2.81 bits per heavy atom. The third-order valence-electron chi connectivity index (χ3n) is 3.47. The van der Waals surface area contributed by atoms with Gasteiger partial charge in [0.05, 0.1) is 16.8 Å². The van der Waals surface area contributed by atoms with Crippen molar-refractivity contribution in [1.29, 1.82) is 0 Å². The molecule has 2 heterocycles. The lowest BCUT2D eigenvalue weighted by Gasteiger charge is -2.05. The molecule has 3 aromatic rings. The van der Waals surface area contributed by atoms with E-state index in [1.54, 1.807) is 24.6 Å². The van der Waals surface area contributed by atoms with Crippen LogP contribution in [-0.4, -0.2) is 32.6 Å². The van der Waals surface area contributed by atoms with Crippen LogP contribution in [0.1, 0.15) is 6.92 Å². The zero-order chi connectivity index (χ0) is 18.7. The van der Waals surface area contributed by atoms with Crippen LogP contribution >= 0.6 is 22.7 Å². The minimum absolute atomic E-state index is 0.168. The van der Waals surface area contributed by atoms with Crippen LogP contribution in [0, 0.1) is 0 Å². The quantitative estimate of drug-likeness (QED) is 0.675. The average molecular weight is 412 g/mol. The standard InChI is InChI=1S/C16H17N3O4S3/c1-11(20)17-12-5-6-13-14(10-12)25-16(19(13)7-8-23-2)18-26(21,22)15-4-3-9-24-15/h3-6,9-10H,7-8H2,1-2H3,(H,17,20)/b18-16-. The number of hydrogen-bond acceptors (Lipinski definition) is 6. The summed E-state index contributed by atoms with van der Waals surface area (Å²) < 4.78 is 37.1. The molecule has 7 nitrogen and oxygen atoms in total.